The van der Waals surface area contributed by atoms with Gasteiger partial charge >= 0.3 is 0 Å². The zero-order valence-corrected chi connectivity index (χ0v) is 7.79. The Morgan fingerprint density at radius 2 is 2.00 bits per heavy atom. The molecule has 1 atom stereocenters. The van der Waals surface area contributed by atoms with Crippen LogP contribution in [0.5, 0.6) is 5.75 Å². The van der Waals surface area contributed by atoms with Crippen molar-refractivity contribution in [2.24, 2.45) is 11.7 Å². The Labute approximate surface area is 77.2 Å². The molecular weight excluding hydrogens is 169 g/mol. The summed E-state index contributed by atoms with van der Waals surface area (Å²) in [5.74, 6) is -0.773. The second-order valence-corrected chi connectivity index (χ2v) is 3.45. The van der Waals surface area contributed by atoms with Crippen LogP contribution in [0.1, 0.15) is 25.5 Å². The van der Waals surface area contributed by atoms with E-state index in [1.165, 1.54) is 6.07 Å². The van der Waals surface area contributed by atoms with Crippen LogP contribution in [0.15, 0.2) is 18.2 Å². The highest BCUT2D eigenvalue weighted by Gasteiger charge is 2.16. The van der Waals surface area contributed by atoms with Crippen LogP contribution in [0.4, 0.5) is 4.39 Å². The summed E-state index contributed by atoms with van der Waals surface area (Å²) < 4.78 is 12.9. The molecule has 1 aromatic rings. The van der Waals surface area contributed by atoms with Gasteiger partial charge in [0, 0.05) is 11.6 Å². The summed E-state index contributed by atoms with van der Waals surface area (Å²) in [5, 5.41) is 9.36. The number of halogens is 1. The first-order valence-electron chi connectivity index (χ1n) is 4.27. The minimum absolute atomic E-state index is 0.174. The number of hydrogen-bond donors (Lipinski definition) is 2. The van der Waals surface area contributed by atoms with Gasteiger partial charge in [-0.25, -0.2) is 4.39 Å². The van der Waals surface area contributed by atoms with E-state index in [0.717, 1.165) is 0 Å². The summed E-state index contributed by atoms with van der Waals surface area (Å²) in [6.45, 7) is 3.85. The second kappa shape index (κ2) is 3.75. The van der Waals surface area contributed by atoms with E-state index >= 15 is 0 Å². The third-order valence-electron chi connectivity index (χ3n) is 2.10. The van der Waals surface area contributed by atoms with Gasteiger partial charge in [0.2, 0.25) is 0 Å². The molecule has 0 unspecified atom stereocenters. The molecule has 0 amide bonds. The first-order valence-corrected chi connectivity index (χ1v) is 4.27. The summed E-state index contributed by atoms with van der Waals surface area (Å²) >= 11 is 0. The van der Waals surface area contributed by atoms with Crippen molar-refractivity contribution in [3.63, 3.8) is 0 Å². The Balaban J connectivity index is 3.07. The van der Waals surface area contributed by atoms with Gasteiger partial charge in [-0.2, -0.15) is 0 Å². The van der Waals surface area contributed by atoms with Crippen molar-refractivity contribution in [2.75, 3.05) is 0 Å². The molecule has 0 aliphatic carbocycles. The molecule has 0 aliphatic heterocycles. The van der Waals surface area contributed by atoms with Crippen molar-refractivity contribution in [3.8, 4) is 5.75 Å². The predicted molar refractivity (Wildman–Crippen MR) is 49.8 cm³/mol. The number of aromatic hydroxyl groups is 1. The highest BCUT2D eigenvalue weighted by atomic mass is 19.1. The topological polar surface area (TPSA) is 46.2 Å². The number of rotatable bonds is 2. The Morgan fingerprint density at radius 1 is 1.38 bits per heavy atom. The van der Waals surface area contributed by atoms with Crippen LogP contribution in [-0.2, 0) is 0 Å². The lowest BCUT2D eigenvalue weighted by Gasteiger charge is -2.17. The molecule has 0 saturated heterocycles. The molecule has 0 saturated carbocycles. The Hall–Kier alpha value is -1.09. The van der Waals surface area contributed by atoms with Gasteiger partial charge in [0.15, 0.2) is 11.6 Å². The van der Waals surface area contributed by atoms with Crippen LogP contribution in [-0.4, -0.2) is 5.11 Å². The lowest BCUT2D eigenvalue weighted by molar-refractivity contribution is 0.407. The lowest BCUT2D eigenvalue weighted by Crippen LogP contribution is -2.16. The van der Waals surface area contributed by atoms with Gasteiger partial charge < -0.3 is 10.8 Å². The monoisotopic (exact) mass is 183 g/mol. The molecule has 3 heteroatoms. The summed E-state index contributed by atoms with van der Waals surface area (Å²) in [7, 11) is 0. The van der Waals surface area contributed by atoms with Crippen molar-refractivity contribution in [1.82, 2.24) is 0 Å². The molecule has 0 aromatic heterocycles. The highest BCUT2D eigenvalue weighted by molar-refractivity contribution is 5.36. The van der Waals surface area contributed by atoms with Crippen molar-refractivity contribution in [2.45, 2.75) is 19.9 Å². The maximum Gasteiger partial charge on any atom is 0.165 e. The van der Waals surface area contributed by atoms with Gasteiger partial charge in [-0.15, -0.1) is 0 Å². The molecule has 0 fully saturated rings. The third kappa shape index (κ3) is 1.98. The molecule has 1 rings (SSSR count). The number of para-hydroxylation sites is 1. The van der Waals surface area contributed by atoms with Gasteiger partial charge in [0.25, 0.3) is 0 Å². The summed E-state index contributed by atoms with van der Waals surface area (Å²) in [6, 6.07) is 4.08. The molecule has 0 bridgehead atoms. The van der Waals surface area contributed by atoms with Gasteiger partial charge in [-0.05, 0) is 12.0 Å². The minimum atomic E-state index is -0.617. The fourth-order valence-corrected chi connectivity index (χ4v) is 1.16. The molecule has 1 aromatic carbocycles. The van der Waals surface area contributed by atoms with Crippen molar-refractivity contribution in [3.05, 3.63) is 29.6 Å². The van der Waals surface area contributed by atoms with E-state index in [9.17, 15) is 9.50 Å². The maximum absolute atomic E-state index is 12.9. The second-order valence-electron chi connectivity index (χ2n) is 3.45. The molecule has 0 heterocycles. The van der Waals surface area contributed by atoms with Gasteiger partial charge in [0.1, 0.15) is 0 Å². The van der Waals surface area contributed by atoms with E-state index < -0.39 is 5.82 Å². The van der Waals surface area contributed by atoms with E-state index in [1.807, 2.05) is 13.8 Å². The van der Waals surface area contributed by atoms with Crippen LogP contribution in [0.3, 0.4) is 0 Å². The zero-order valence-electron chi connectivity index (χ0n) is 7.79. The summed E-state index contributed by atoms with van der Waals surface area (Å²) in [5.41, 5.74) is 6.25. The number of nitrogens with two attached hydrogens (primary N) is 1. The average Bonchev–Trinajstić information content (AvgIpc) is 2.08. The van der Waals surface area contributed by atoms with Gasteiger partial charge in [-0.3, -0.25) is 0 Å². The van der Waals surface area contributed by atoms with Crippen molar-refractivity contribution >= 4 is 0 Å². The highest BCUT2D eigenvalue weighted by Crippen LogP contribution is 2.29. The van der Waals surface area contributed by atoms with Crippen LogP contribution >= 0.6 is 0 Å². The largest absolute Gasteiger partial charge is 0.505 e. The standard InChI is InChI=1S/C10H14FNO/c1-6(2)9(12)7-4-3-5-8(11)10(7)13/h3-6,9,13H,12H2,1-2H3/t9-/m0/s1. The number of hydrogen-bond acceptors (Lipinski definition) is 2. The normalized spacial score (nSPS) is 13.3. The number of phenolic OH excluding ortho intramolecular Hbond substituents is 1. The third-order valence-corrected chi connectivity index (χ3v) is 2.10. The maximum atomic E-state index is 12.9. The van der Waals surface area contributed by atoms with Crippen molar-refractivity contribution < 1.29 is 9.50 Å². The fraction of sp³-hybridized carbons (Fsp3) is 0.400. The first-order chi connectivity index (χ1) is 6.04. The Morgan fingerprint density at radius 3 is 2.54 bits per heavy atom. The fourth-order valence-electron chi connectivity index (χ4n) is 1.16. The Kier molecular flexibility index (Phi) is 2.88. The van der Waals surface area contributed by atoms with E-state index in [0.29, 0.717) is 5.56 Å². The number of benzene rings is 1. The molecule has 72 valence electrons. The first kappa shape index (κ1) is 9.99. The molecule has 3 N–H and O–H groups in total. The average molecular weight is 183 g/mol. The number of phenols is 1. The van der Waals surface area contributed by atoms with Crippen LogP contribution in [0.25, 0.3) is 0 Å². The Bertz CT molecular complexity index is 299. The molecule has 13 heavy (non-hydrogen) atoms. The molecule has 0 radical (unpaired) electrons. The van der Waals surface area contributed by atoms with Crippen LogP contribution in [0, 0.1) is 11.7 Å². The quantitative estimate of drug-likeness (QED) is 0.738. The van der Waals surface area contributed by atoms with E-state index in [2.05, 4.69) is 0 Å². The molecular formula is C10H14FNO. The summed E-state index contributed by atoms with van der Waals surface area (Å²) in [4.78, 5) is 0. The van der Waals surface area contributed by atoms with E-state index in [-0.39, 0.29) is 17.7 Å². The smallest absolute Gasteiger partial charge is 0.165 e. The minimum Gasteiger partial charge on any atom is -0.505 e. The molecule has 0 aliphatic rings. The van der Waals surface area contributed by atoms with Gasteiger partial charge in [-0.1, -0.05) is 26.0 Å². The van der Waals surface area contributed by atoms with Crippen LogP contribution < -0.4 is 5.73 Å². The molecule has 0 spiro atoms. The lowest BCUT2D eigenvalue weighted by atomic mass is 9.96. The zero-order chi connectivity index (χ0) is 10.0. The SMILES string of the molecule is CC(C)[C@H](N)c1cccc(F)c1O. The van der Waals surface area contributed by atoms with Gasteiger partial charge in [0.05, 0.1) is 0 Å². The molecule has 2 nitrogen and oxygen atoms in total. The van der Waals surface area contributed by atoms with E-state index in [4.69, 9.17) is 5.73 Å². The van der Waals surface area contributed by atoms with Crippen molar-refractivity contribution in [1.29, 1.82) is 0 Å². The van der Waals surface area contributed by atoms with E-state index in [1.54, 1.807) is 12.1 Å². The predicted octanol–water partition coefficient (Wildman–Crippen LogP) is 2.19. The van der Waals surface area contributed by atoms with Crippen LogP contribution in [0.2, 0.25) is 0 Å². The summed E-state index contributed by atoms with van der Waals surface area (Å²) in [6.07, 6.45) is 0.